The number of methoxy groups -OCH3 is 2. The van der Waals surface area contributed by atoms with E-state index in [4.69, 9.17) is 14.6 Å². The fourth-order valence-corrected chi connectivity index (χ4v) is 5.17. The molecule has 0 aliphatic carbocycles. The number of carboxylic acid groups (broad SMARTS) is 1. The second-order valence-corrected chi connectivity index (χ2v) is 9.96. The summed E-state index contributed by atoms with van der Waals surface area (Å²) >= 11 is 3.54. The lowest BCUT2D eigenvalue weighted by molar-refractivity contribution is -0.121. The normalized spacial score (nSPS) is 12.2. The Morgan fingerprint density at radius 2 is 1.71 bits per heavy atom. The number of carbonyl (C=O) groups excluding carboxylic acids is 2. The van der Waals surface area contributed by atoms with Crippen molar-refractivity contribution in [3.05, 3.63) is 40.4 Å². The summed E-state index contributed by atoms with van der Waals surface area (Å²) in [5.41, 5.74) is 3.82. The van der Waals surface area contributed by atoms with Gasteiger partial charge in [0.1, 0.15) is 6.54 Å². The van der Waals surface area contributed by atoms with E-state index in [1.54, 1.807) is 20.3 Å². The Morgan fingerprint density at radius 1 is 1.03 bits per heavy atom. The molecule has 2 aromatic carbocycles. The van der Waals surface area contributed by atoms with Gasteiger partial charge in [-0.05, 0) is 42.7 Å². The van der Waals surface area contributed by atoms with Crippen LogP contribution in [0.5, 0.6) is 11.5 Å². The number of unbranched alkanes of at least 4 members (excludes halogenated alkanes) is 3. The van der Waals surface area contributed by atoms with Crippen LogP contribution in [0.3, 0.4) is 0 Å². The molecule has 4 rings (SSSR count). The van der Waals surface area contributed by atoms with Crippen LogP contribution in [0.1, 0.15) is 31.2 Å². The first-order valence-corrected chi connectivity index (χ1v) is 13.2. The number of ether oxygens (including phenoxy) is 2. The monoisotopic (exact) mass is 586 g/mol. The molecule has 11 heteroatoms. The number of halogens is 1. The van der Waals surface area contributed by atoms with E-state index in [0.717, 1.165) is 57.9 Å². The van der Waals surface area contributed by atoms with Gasteiger partial charge in [-0.1, -0.05) is 28.8 Å². The van der Waals surface area contributed by atoms with E-state index in [1.165, 1.54) is 0 Å². The highest BCUT2D eigenvalue weighted by Gasteiger charge is 2.28. The van der Waals surface area contributed by atoms with Crippen LogP contribution < -0.4 is 25.4 Å². The highest BCUT2D eigenvalue weighted by molar-refractivity contribution is 9.10. The summed E-state index contributed by atoms with van der Waals surface area (Å²) < 4.78 is 13.8. The Morgan fingerprint density at radius 3 is 2.39 bits per heavy atom. The van der Waals surface area contributed by atoms with E-state index in [9.17, 15) is 14.4 Å². The second kappa shape index (κ2) is 12.2. The number of aromatic nitrogens is 1. The topological polar surface area (TPSA) is 131 Å². The Balaban J connectivity index is 1.60. The van der Waals surface area contributed by atoms with Crippen molar-refractivity contribution >= 4 is 50.4 Å². The van der Waals surface area contributed by atoms with Crippen LogP contribution in [-0.4, -0.2) is 54.9 Å². The largest absolute Gasteiger partial charge is 0.493 e. The Hall–Kier alpha value is -3.73. The molecule has 0 bridgehead atoms. The van der Waals surface area contributed by atoms with Gasteiger partial charge in [-0.15, -0.1) is 0 Å². The van der Waals surface area contributed by atoms with Crippen molar-refractivity contribution in [2.24, 2.45) is 0 Å². The number of rotatable bonds is 11. The lowest BCUT2D eigenvalue weighted by Gasteiger charge is -2.17. The van der Waals surface area contributed by atoms with Gasteiger partial charge in [0.05, 0.1) is 32.0 Å². The molecule has 1 aromatic heterocycles. The molecular weight excluding hydrogens is 556 g/mol. The highest BCUT2D eigenvalue weighted by atomic mass is 79.9. The van der Waals surface area contributed by atoms with Crippen LogP contribution in [0, 0.1) is 0 Å². The Bertz CT molecular complexity index is 1370. The number of amides is 3. The number of hydrogen-bond acceptors (Lipinski definition) is 5. The van der Waals surface area contributed by atoms with E-state index in [0.29, 0.717) is 30.3 Å². The second-order valence-electron chi connectivity index (χ2n) is 9.05. The predicted octanol–water partition coefficient (Wildman–Crippen LogP) is 4.53. The standard InChI is InChI=1S/C27H31BrN4O6/c1-37-22-12-19-20(14-23(22)38-2)31-24(33)13-18-17-11-16(28)7-8-21(17)32(26(18)19)15-25(34)29-9-5-3-4-6-10-30-27(35)36/h7-8,11-12,14,30H,3-6,9-10,13,15H2,1-2H3,(H,29,34)(H,31,33)(H,35,36). The van der Waals surface area contributed by atoms with Gasteiger partial charge >= 0.3 is 6.09 Å². The summed E-state index contributed by atoms with van der Waals surface area (Å²) in [7, 11) is 3.10. The van der Waals surface area contributed by atoms with Crippen LogP contribution in [-0.2, 0) is 22.6 Å². The molecule has 1 aliphatic heterocycles. The number of benzene rings is 2. The van der Waals surface area contributed by atoms with E-state index >= 15 is 0 Å². The minimum atomic E-state index is -1.01. The van der Waals surface area contributed by atoms with Gasteiger partial charge in [0.15, 0.2) is 11.5 Å². The maximum Gasteiger partial charge on any atom is 0.404 e. The fraction of sp³-hybridized carbons (Fsp3) is 0.370. The maximum absolute atomic E-state index is 13.1. The van der Waals surface area contributed by atoms with Crippen LogP contribution >= 0.6 is 15.9 Å². The molecule has 0 radical (unpaired) electrons. The van der Waals surface area contributed by atoms with Crippen molar-refractivity contribution in [1.29, 1.82) is 0 Å². The molecule has 2 heterocycles. The van der Waals surface area contributed by atoms with Gasteiger partial charge in [0, 0.05) is 40.1 Å². The number of hydrogen-bond donors (Lipinski definition) is 4. The first-order chi connectivity index (χ1) is 18.3. The minimum absolute atomic E-state index is 0.0813. The number of nitrogens with one attached hydrogen (secondary N) is 3. The van der Waals surface area contributed by atoms with Crippen LogP contribution in [0.4, 0.5) is 10.5 Å². The van der Waals surface area contributed by atoms with Gasteiger partial charge in [0.2, 0.25) is 11.8 Å². The van der Waals surface area contributed by atoms with Crippen molar-refractivity contribution in [3.8, 4) is 22.8 Å². The number of nitrogens with zero attached hydrogens (tertiary/aromatic N) is 1. The molecule has 1 aliphatic rings. The number of anilines is 1. The van der Waals surface area contributed by atoms with E-state index < -0.39 is 6.09 Å². The lowest BCUT2D eigenvalue weighted by Crippen LogP contribution is -2.28. The smallest absolute Gasteiger partial charge is 0.404 e. The van der Waals surface area contributed by atoms with Crippen molar-refractivity contribution in [3.63, 3.8) is 0 Å². The summed E-state index contributed by atoms with van der Waals surface area (Å²) in [4.78, 5) is 36.5. The molecular formula is C27H31BrN4O6. The molecule has 0 fully saturated rings. The van der Waals surface area contributed by atoms with E-state index in [1.807, 2.05) is 28.8 Å². The summed E-state index contributed by atoms with van der Waals surface area (Å²) in [5.74, 6) is 0.733. The quantitative estimate of drug-likeness (QED) is 0.244. The molecule has 0 spiro atoms. The maximum atomic E-state index is 13.1. The third-order valence-electron chi connectivity index (χ3n) is 6.52. The average molecular weight is 587 g/mol. The average Bonchev–Trinajstić information content (AvgIpc) is 3.07. The zero-order chi connectivity index (χ0) is 27.2. The SMILES string of the molecule is COc1cc2c(cc1OC)-c1c(c3cc(Br)ccc3n1CC(=O)NCCCCCCNC(=O)O)CC(=O)N2. The molecule has 0 saturated carbocycles. The van der Waals surface area contributed by atoms with Gasteiger partial charge < -0.3 is 35.1 Å². The molecule has 4 N–H and O–H groups in total. The molecule has 10 nitrogen and oxygen atoms in total. The predicted molar refractivity (Wildman–Crippen MR) is 148 cm³/mol. The van der Waals surface area contributed by atoms with Crippen molar-refractivity contribution in [2.75, 3.05) is 32.6 Å². The fourth-order valence-electron chi connectivity index (χ4n) is 4.81. The highest BCUT2D eigenvalue weighted by Crippen LogP contribution is 2.45. The minimum Gasteiger partial charge on any atom is -0.493 e. The van der Waals surface area contributed by atoms with Crippen molar-refractivity contribution in [1.82, 2.24) is 15.2 Å². The first kappa shape index (κ1) is 27.3. The van der Waals surface area contributed by atoms with E-state index in [-0.39, 0.29) is 24.8 Å². The van der Waals surface area contributed by atoms with Crippen LogP contribution in [0.25, 0.3) is 22.2 Å². The molecule has 3 aromatic rings. The van der Waals surface area contributed by atoms with Gasteiger partial charge in [0.25, 0.3) is 0 Å². The van der Waals surface area contributed by atoms with E-state index in [2.05, 4.69) is 31.9 Å². The van der Waals surface area contributed by atoms with Gasteiger partial charge in [-0.25, -0.2) is 4.79 Å². The molecule has 38 heavy (non-hydrogen) atoms. The van der Waals surface area contributed by atoms with Gasteiger partial charge in [-0.2, -0.15) is 0 Å². The third kappa shape index (κ3) is 6.04. The summed E-state index contributed by atoms with van der Waals surface area (Å²) in [5, 5.41) is 17.8. The zero-order valence-corrected chi connectivity index (χ0v) is 22.9. The Kier molecular flexibility index (Phi) is 8.77. The molecule has 0 saturated heterocycles. The zero-order valence-electron chi connectivity index (χ0n) is 21.4. The van der Waals surface area contributed by atoms with Crippen LogP contribution in [0.2, 0.25) is 0 Å². The molecule has 202 valence electrons. The lowest BCUT2D eigenvalue weighted by atomic mass is 10.0. The first-order valence-electron chi connectivity index (χ1n) is 12.4. The summed E-state index contributed by atoms with van der Waals surface area (Å²) in [6.45, 7) is 1.04. The van der Waals surface area contributed by atoms with Gasteiger partial charge in [-0.3, -0.25) is 9.59 Å². The van der Waals surface area contributed by atoms with Crippen molar-refractivity contribution < 1.29 is 29.0 Å². The third-order valence-corrected chi connectivity index (χ3v) is 7.02. The molecule has 3 amide bonds. The summed E-state index contributed by atoms with van der Waals surface area (Å²) in [6, 6.07) is 9.42. The molecule has 0 atom stereocenters. The van der Waals surface area contributed by atoms with Crippen molar-refractivity contribution in [2.45, 2.75) is 38.6 Å². The number of fused-ring (bicyclic) bond motifs is 5. The summed E-state index contributed by atoms with van der Waals surface area (Å²) in [6.07, 6.45) is 2.48. The van der Waals surface area contributed by atoms with Crippen LogP contribution in [0.15, 0.2) is 34.8 Å². The molecule has 0 unspecified atom stereocenters. The Labute approximate surface area is 228 Å². The number of carbonyl (C=O) groups is 3.